The standard InChI is InChI=1S/C23H20Cl2N4O3S/c1-3-31-22(30)19-13(2)26-23(27-20(19)15-5-4-6-17(25)11-15)33-12-18-28-29-21(32-18)14-7-9-16(24)10-8-14/h4-11,20H,3,12H2,1-2H3,(H,26,27). The number of benzene rings is 2. The van der Waals surface area contributed by atoms with Gasteiger partial charge in [-0.15, -0.1) is 10.2 Å². The minimum absolute atomic E-state index is 0.274. The Morgan fingerprint density at radius 1 is 1.15 bits per heavy atom. The van der Waals surface area contributed by atoms with Crippen molar-refractivity contribution in [2.45, 2.75) is 25.6 Å². The average molecular weight is 503 g/mol. The third kappa shape index (κ3) is 5.58. The molecule has 0 saturated heterocycles. The maximum atomic E-state index is 12.7. The molecule has 0 spiro atoms. The van der Waals surface area contributed by atoms with Crippen LogP contribution in [0.5, 0.6) is 0 Å². The van der Waals surface area contributed by atoms with E-state index in [0.29, 0.717) is 44.0 Å². The van der Waals surface area contributed by atoms with Crippen molar-refractivity contribution in [3.05, 3.63) is 81.3 Å². The number of thioether (sulfide) groups is 1. The van der Waals surface area contributed by atoms with Crippen LogP contribution in [0.1, 0.15) is 31.3 Å². The number of ether oxygens (including phenoxy) is 1. The van der Waals surface area contributed by atoms with Crippen LogP contribution in [0.3, 0.4) is 0 Å². The van der Waals surface area contributed by atoms with E-state index in [-0.39, 0.29) is 6.61 Å². The minimum Gasteiger partial charge on any atom is -0.463 e. The Bertz CT molecular complexity index is 1220. The number of nitrogens with zero attached hydrogens (tertiary/aromatic N) is 3. The maximum absolute atomic E-state index is 12.7. The van der Waals surface area contributed by atoms with Crippen molar-refractivity contribution in [1.82, 2.24) is 15.5 Å². The summed E-state index contributed by atoms with van der Waals surface area (Å²) >= 11 is 13.5. The molecule has 0 amide bonds. The highest BCUT2D eigenvalue weighted by Crippen LogP contribution is 2.34. The van der Waals surface area contributed by atoms with Gasteiger partial charge in [-0.3, -0.25) is 0 Å². The normalized spacial score (nSPS) is 15.8. The molecule has 7 nitrogen and oxygen atoms in total. The molecular weight excluding hydrogens is 483 g/mol. The van der Waals surface area contributed by atoms with Crippen LogP contribution in [0.25, 0.3) is 11.5 Å². The lowest BCUT2D eigenvalue weighted by Crippen LogP contribution is -2.30. The SMILES string of the molecule is CCOC(=O)C1=C(C)NC(SCc2nnc(-c3ccc(Cl)cc3)o2)=NC1c1cccc(Cl)c1. The first-order valence-corrected chi connectivity index (χ1v) is 11.9. The largest absolute Gasteiger partial charge is 0.463 e. The minimum atomic E-state index is -0.543. The highest BCUT2D eigenvalue weighted by molar-refractivity contribution is 8.13. The van der Waals surface area contributed by atoms with Gasteiger partial charge in [0, 0.05) is 21.3 Å². The lowest BCUT2D eigenvalue weighted by Gasteiger charge is -2.25. The van der Waals surface area contributed by atoms with Gasteiger partial charge in [-0.25, -0.2) is 9.79 Å². The number of amidine groups is 1. The molecule has 3 aromatic rings. The summed E-state index contributed by atoms with van der Waals surface area (Å²) in [6, 6.07) is 13.9. The monoisotopic (exact) mass is 502 g/mol. The number of allylic oxidation sites excluding steroid dienone is 1. The summed E-state index contributed by atoms with van der Waals surface area (Å²) < 4.78 is 11.0. The Labute approximate surface area is 205 Å². The van der Waals surface area contributed by atoms with Gasteiger partial charge in [0.1, 0.15) is 6.04 Å². The summed E-state index contributed by atoms with van der Waals surface area (Å²) in [5.74, 6) is 0.853. The zero-order valence-corrected chi connectivity index (χ0v) is 20.2. The van der Waals surface area contributed by atoms with Crippen molar-refractivity contribution in [2.75, 3.05) is 6.61 Å². The Hall–Kier alpha value is -2.81. The lowest BCUT2D eigenvalue weighted by molar-refractivity contribution is -0.138. The van der Waals surface area contributed by atoms with E-state index in [2.05, 4.69) is 15.5 Å². The quantitative estimate of drug-likeness (QED) is 0.425. The fraction of sp³-hybridized carbons (Fsp3) is 0.217. The molecule has 170 valence electrons. The number of carbonyl (C=O) groups excluding carboxylic acids is 1. The number of carbonyl (C=O) groups is 1. The van der Waals surface area contributed by atoms with Crippen LogP contribution in [0.2, 0.25) is 10.0 Å². The average Bonchev–Trinajstić information content (AvgIpc) is 3.27. The summed E-state index contributed by atoms with van der Waals surface area (Å²) in [6.45, 7) is 3.87. The van der Waals surface area contributed by atoms with Crippen molar-refractivity contribution in [3.8, 4) is 11.5 Å². The zero-order chi connectivity index (χ0) is 23.4. The van der Waals surface area contributed by atoms with Crippen molar-refractivity contribution in [3.63, 3.8) is 0 Å². The number of esters is 1. The number of halogens is 2. The predicted molar refractivity (Wildman–Crippen MR) is 130 cm³/mol. The second kappa shape index (κ2) is 10.4. The zero-order valence-electron chi connectivity index (χ0n) is 17.8. The Kier molecular flexibility index (Phi) is 7.37. The van der Waals surface area contributed by atoms with Gasteiger partial charge in [0.15, 0.2) is 5.17 Å². The van der Waals surface area contributed by atoms with Crippen LogP contribution < -0.4 is 5.32 Å². The highest BCUT2D eigenvalue weighted by Gasteiger charge is 2.30. The molecule has 0 saturated carbocycles. The van der Waals surface area contributed by atoms with Gasteiger partial charge < -0.3 is 14.5 Å². The first-order valence-electron chi connectivity index (χ1n) is 10.1. The maximum Gasteiger partial charge on any atom is 0.338 e. The molecule has 0 bridgehead atoms. The third-order valence-electron chi connectivity index (χ3n) is 4.77. The van der Waals surface area contributed by atoms with E-state index in [0.717, 1.165) is 11.1 Å². The molecule has 33 heavy (non-hydrogen) atoms. The molecule has 2 aromatic carbocycles. The first-order chi connectivity index (χ1) is 15.9. The molecule has 1 aromatic heterocycles. The van der Waals surface area contributed by atoms with Gasteiger partial charge >= 0.3 is 5.97 Å². The second-order valence-electron chi connectivity index (χ2n) is 7.07. The molecule has 0 fully saturated rings. The fourth-order valence-corrected chi connectivity index (χ4v) is 4.37. The van der Waals surface area contributed by atoms with Crippen LogP contribution in [0, 0.1) is 0 Å². The van der Waals surface area contributed by atoms with Gasteiger partial charge in [0.05, 0.1) is 17.9 Å². The van der Waals surface area contributed by atoms with E-state index in [1.165, 1.54) is 11.8 Å². The summed E-state index contributed by atoms with van der Waals surface area (Å²) in [6.07, 6.45) is 0. The van der Waals surface area contributed by atoms with Crippen molar-refractivity contribution in [1.29, 1.82) is 0 Å². The molecular formula is C23H20Cl2N4O3S. The van der Waals surface area contributed by atoms with Crippen LogP contribution in [0.15, 0.2) is 69.2 Å². The van der Waals surface area contributed by atoms with Gasteiger partial charge in [-0.2, -0.15) is 0 Å². The highest BCUT2D eigenvalue weighted by atomic mass is 35.5. The Balaban J connectivity index is 1.54. The number of rotatable bonds is 6. The van der Waals surface area contributed by atoms with Gasteiger partial charge in [0.25, 0.3) is 0 Å². The smallest absolute Gasteiger partial charge is 0.338 e. The number of aromatic nitrogens is 2. The molecule has 2 heterocycles. The van der Waals surface area contributed by atoms with Crippen LogP contribution in [-0.4, -0.2) is 27.9 Å². The summed E-state index contributed by atoms with van der Waals surface area (Å²) in [5, 5.41) is 13.2. The van der Waals surface area contributed by atoms with Crippen molar-refractivity contribution >= 4 is 46.1 Å². The molecule has 1 aliphatic heterocycles. The van der Waals surface area contributed by atoms with Gasteiger partial charge in [0.2, 0.25) is 11.8 Å². The Morgan fingerprint density at radius 3 is 2.67 bits per heavy atom. The first kappa shape index (κ1) is 23.4. The molecule has 10 heteroatoms. The number of aliphatic imine (C=N–C) groups is 1. The summed E-state index contributed by atoms with van der Waals surface area (Å²) in [4.78, 5) is 17.4. The Morgan fingerprint density at radius 2 is 1.94 bits per heavy atom. The second-order valence-corrected chi connectivity index (χ2v) is 8.91. The van der Waals surface area contributed by atoms with Gasteiger partial charge in [-0.1, -0.05) is 47.1 Å². The van der Waals surface area contributed by atoms with E-state index in [1.54, 1.807) is 31.2 Å². The van der Waals surface area contributed by atoms with E-state index in [4.69, 9.17) is 37.3 Å². The van der Waals surface area contributed by atoms with Gasteiger partial charge in [-0.05, 0) is 55.8 Å². The molecule has 0 aliphatic carbocycles. The van der Waals surface area contributed by atoms with Crippen molar-refractivity contribution in [2.24, 2.45) is 4.99 Å². The molecule has 4 rings (SSSR count). The predicted octanol–water partition coefficient (Wildman–Crippen LogP) is 5.81. The molecule has 1 aliphatic rings. The number of hydrogen-bond donors (Lipinski definition) is 1. The van der Waals surface area contributed by atoms with E-state index >= 15 is 0 Å². The third-order valence-corrected chi connectivity index (χ3v) is 6.13. The van der Waals surface area contributed by atoms with Crippen molar-refractivity contribution < 1.29 is 13.9 Å². The number of hydrogen-bond acceptors (Lipinski definition) is 8. The summed E-state index contributed by atoms with van der Waals surface area (Å²) in [5.41, 5.74) is 2.71. The van der Waals surface area contributed by atoms with Crippen LogP contribution in [-0.2, 0) is 15.3 Å². The summed E-state index contributed by atoms with van der Waals surface area (Å²) in [7, 11) is 0. The van der Waals surface area contributed by atoms with Crippen LogP contribution >= 0.6 is 35.0 Å². The van der Waals surface area contributed by atoms with Crippen LogP contribution in [0.4, 0.5) is 0 Å². The fourth-order valence-electron chi connectivity index (χ4n) is 3.26. The topological polar surface area (TPSA) is 89.6 Å². The lowest BCUT2D eigenvalue weighted by atomic mass is 9.97. The molecule has 1 N–H and O–H groups in total. The molecule has 0 radical (unpaired) electrons. The number of nitrogens with one attached hydrogen (secondary N) is 1. The van der Waals surface area contributed by atoms with E-state index < -0.39 is 12.0 Å². The molecule has 1 unspecified atom stereocenters. The van der Waals surface area contributed by atoms with E-state index in [1.807, 2.05) is 31.2 Å². The molecule has 1 atom stereocenters. The van der Waals surface area contributed by atoms with E-state index in [9.17, 15) is 4.79 Å².